The van der Waals surface area contributed by atoms with Crippen molar-refractivity contribution >= 4 is 23.5 Å². The van der Waals surface area contributed by atoms with E-state index in [9.17, 15) is 14.9 Å². The maximum Gasteiger partial charge on any atom is 0.303 e. The lowest BCUT2D eigenvalue weighted by atomic mass is 9.49. The van der Waals surface area contributed by atoms with Gasteiger partial charge in [-0.15, -0.1) is 5.10 Å². The van der Waals surface area contributed by atoms with Crippen LogP contribution in [-0.4, -0.2) is 62.2 Å². The highest BCUT2D eigenvalue weighted by atomic mass is 35.5. The fraction of sp³-hybridized carbons (Fsp3) is 0.514. The van der Waals surface area contributed by atoms with Crippen molar-refractivity contribution in [2.45, 2.75) is 86.0 Å². The molecule has 3 aromatic rings. The van der Waals surface area contributed by atoms with Crippen LogP contribution in [0.1, 0.15) is 82.3 Å². The standard InChI is InChI=1S/C35H42ClN5O5/c1-33(2,17-29(42)43)21-45-14-8-7-13-40-20-28(38-39-40)22-10-12-26-24(15-22)19-41(30(26)44)31-34(3,4)32(35(31,5)6)46-25-11-9-23(18-37)27(36)16-25/h9-12,15-16,20,31-32H,7-8,13-14,17,19,21H2,1-6H3,(H,42,43). The first kappa shape index (κ1) is 33.4. The molecule has 5 rings (SSSR count). The molecule has 0 radical (unpaired) electrons. The zero-order valence-corrected chi connectivity index (χ0v) is 28.1. The number of nitrogens with zero attached hydrogens (tertiary/aromatic N) is 5. The Morgan fingerprint density at radius 3 is 2.57 bits per heavy atom. The van der Waals surface area contributed by atoms with Crippen molar-refractivity contribution in [2.24, 2.45) is 16.2 Å². The summed E-state index contributed by atoms with van der Waals surface area (Å²) in [6, 6.07) is 13.0. The van der Waals surface area contributed by atoms with Crippen LogP contribution in [0.15, 0.2) is 42.6 Å². The fourth-order valence-electron chi connectivity index (χ4n) is 7.55. The summed E-state index contributed by atoms with van der Waals surface area (Å²) in [5.74, 6) is -0.196. The van der Waals surface area contributed by atoms with Crippen molar-refractivity contribution < 1.29 is 24.2 Å². The molecule has 10 nitrogen and oxygen atoms in total. The predicted molar refractivity (Wildman–Crippen MR) is 173 cm³/mol. The number of halogens is 1. The molecule has 2 aromatic carbocycles. The highest BCUT2D eigenvalue weighted by Crippen LogP contribution is 2.59. The molecule has 1 fully saturated rings. The number of carbonyl (C=O) groups excluding carboxylic acids is 1. The van der Waals surface area contributed by atoms with E-state index in [4.69, 9.17) is 26.2 Å². The number of ether oxygens (including phenoxy) is 2. The van der Waals surface area contributed by atoms with Crippen LogP contribution in [0, 0.1) is 27.6 Å². The molecule has 0 saturated heterocycles. The van der Waals surface area contributed by atoms with Crippen LogP contribution in [0.25, 0.3) is 11.3 Å². The number of amides is 1. The molecule has 1 aromatic heterocycles. The van der Waals surface area contributed by atoms with Crippen molar-refractivity contribution in [3.8, 4) is 23.1 Å². The quantitative estimate of drug-likeness (QED) is 0.205. The van der Waals surface area contributed by atoms with Crippen molar-refractivity contribution in [3.63, 3.8) is 0 Å². The largest absolute Gasteiger partial charge is 0.489 e. The number of fused-ring (bicyclic) bond motifs is 1. The first-order chi connectivity index (χ1) is 21.6. The number of carbonyl (C=O) groups is 2. The number of carboxylic acids is 1. The molecular formula is C35H42ClN5O5. The van der Waals surface area contributed by atoms with Crippen LogP contribution in [0.4, 0.5) is 0 Å². The molecule has 1 aliphatic carbocycles. The van der Waals surface area contributed by atoms with Gasteiger partial charge in [0.1, 0.15) is 23.6 Å². The third kappa shape index (κ3) is 6.62. The number of rotatable bonds is 13. The van der Waals surface area contributed by atoms with Crippen LogP contribution in [0.2, 0.25) is 5.02 Å². The van der Waals surface area contributed by atoms with E-state index in [1.54, 1.807) is 18.2 Å². The van der Waals surface area contributed by atoms with E-state index < -0.39 is 11.4 Å². The number of aliphatic carboxylic acids is 1. The number of nitriles is 1. The fourth-order valence-corrected chi connectivity index (χ4v) is 7.76. The molecule has 2 heterocycles. The molecule has 11 heteroatoms. The van der Waals surface area contributed by atoms with Crippen LogP contribution in [-0.2, 0) is 22.6 Å². The van der Waals surface area contributed by atoms with Gasteiger partial charge in [0.2, 0.25) is 0 Å². The van der Waals surface area contributed by atoms with Crippen molar-refractivity contribution in [1.29, 1.82) is 5.26 Å². The molecule has 0 atom stereocenters. The number of unbranched alkanes of at least 4 members (excludes halogenated alkanes) is 1. The number of carboxylic acid groups (broad SMARTS) is 1. The Morgan fingerprint density at radius 2 is 1.89 bits per heavy atom. The van der Waals surface area contributed by atoms with Gasteiger partial charge < -0.3 is 19.5 Å². The summed E-state index contributed by atoms with van der Waals surface area (Å²) >= 11 is 6.26. The number of aromatic nitrogens is 3. The lowest BCUT2D eigenvalue weighted by molar-refractivity contribution is -0.199. The van der Waals surface area contributed by atoms with Gasteiger partial charge in [-0.3, -0.25) is 14.3 Å². The number of aryl methyl sites for hydroxylation is 1. The van der Waals surface area contributed by atoms with E-state index in [0.29, 0.717) is 48.2 Å². The highest BCUT2D eigenvalue weighted by molar-refractivity contribution is 6.31. The van der Waals surface area contributed by atoms with Gasteiger partial charge in [0.25, 0.3) is 5.91 Å². The normalized spacial score (nSPS) is 19.8. The molecule has 244 valence electrons. The second kappa shape index (κ2) is 12.7. The monoisotopic (exact) mass is 647 g/mol. The number of hydrogen-bond acceptors (Lipinski definition) is 7. The van der Waals surface area contributed by atoms with Gasteiger partial charge in [-0.05, 0) is 48.1 Å². The Hall–Kier alpha value is -3.94. The smallest absolute Gasteiger partial charge is 0.303 e. The Kier molecular flexibility index (Phi) is 9.22. The van der Waals surface area contributed by atoms with E-state index in [0.717, 1.165) is 29.7 Å². The molecule has 1 saturated carbocycles. The highest BCUT2D eigenvalue weighted by Gasteiger charge is 2.67. The van der Waals surface area contributed by atoms with Crippen molar-refractivity contribution in [2.75, 3.05) is 13.2 Å². The molecule has 1 amide bonds. The van der Waals surface area contributed by atoms with Crippen molar-refractivity contribution in [3.05, 3.63) is 64.3 Å². The Morgan fingerprint density at radius 1 is 1.15 bits per heavy atom. The molecule has 2 aliphatic rings. The lowest BCUT2D eigenvalue weighted by Gasteiger charge is -2.65. The third-order valence-electron chi connectivity index (χ3n) is 9.21. The van der Waals surface area contributed by atoms with E-state index in [-0.39, 0.29) is 35.3 Å². The van der Waals surface area contributed by atoms with Gasteiger partial charge in [-0.25, -0.2) is 0 Å². The summed E-state index contributed by atoms with van der Waals surface area (Å²) in [5, 5.41) is 27.3. The second-order valence-corrected chi connectivity index (χ2v) is 14.9. The van der Waals surface area contributed by atoms with E-state index in [1.807, 2.05) is 47.8 Å². The molecular weight excluding hydrogens is 606 g/mol. The average molecular weight is 648 g/mol. The zero-order valence-electron chi connectivity index (χ0n) is 27.3. The van der Waals surface area contributed by atoms with Crippen LogP contribution >= 0.6 is 11.6 Å². The Labute approximate surface area is 275 Å². The zero-order chi connectivity index (χ0) is 33.4. The maximum absolute atomic E-state index is 13.7. The minimum atomic E-state index is -0.818. The van der Waals surface area contributed by atoms with Crippen LogP contribution in [0.3, 0.4) is 0 Å². The SMILES string of the molecule is CC(C)(COCCCCn1cc(-c2ccc3c(c2)CN(C2C(C)(C)C(Oc4ccc(C#N)c(Cl)c4)C2(C)C)C3=O)nn1)CC(=O)O. The second-order valence-electron chi connectivity index (χ2n) is 14.5. The third-order valence-corrected chi connectivity index (χ3v) is 9.52. The minimum Gasteiger partial charge on any atom is -0.489 e. The molecule has 0 unspecified atom stereocenters. The number of hydrogen-bond donors (Lipinski definition) is 1. The summed E-state index contributed by atoms with van der Waals surface area (Å²) in [5.41, 5.74) is 2.66. The van der Waals surface area contributed by atoms with Gasteiger partial charge in [0, 0.05) is 53.8 Å². The predicted octanol–water partition coefficient (Wildman–Crippen LogP) is 6.61. The van der Waals surface area contributed by atoms with E-state index in [1.165, 1.54) is 0 Å². The van der Waals surface area contributed by atoms with Crippen molar-refractivity contribution in [1.82, 2.24) is 19.9 Å². The lowest BCUT2D eigenvalue weighted by Crippen LogP contribution is -2.74. The molecule has 1 aliphatic heterocycles. The maximum atomic E-state index is 13.7. The summed E-state index contributed by atoms with van der Waals surface area (Å²) in [4.78, 5) is 26.6. The summed E-state index contributed by atoms with van der Waals surface area (Å²) in [6.07, 6.45) is 3.50. The first-order valence-electron chi connectivity index (χ1n) is 15.6. The first-order valence-corrected chi connectivity index (χ1v) is 16.0. The van der Waals surface area contributed by atoms with Gasteiger partial charge in [-0.1, -0.05) is 64.4 Å². The summed E-state index contributed by atoms with van der Waals surface area (Å²) < 4.78 is 14.0. The van der Waals surface area contributed by atoms with E-state index >= 15 is 0 Å². The Bertz CT molecular complexity index is 1660. The van der Waals surface area contributed by atoms with Gasteiger partial charge in [0.15, 0.2) is 0 Å². The summed E-state index contributed by atoms with van der Waals surface area (Å²) in [7, 11) is 0. The molecule has 0 spiro atoms. The molecule has 46 heavy (non-hydrogen) atoms. The number of benzene rings is 2. The molecule has 0 bridgehead atoms. The topological polar surface area (TPSA) is 131 Å². The summed E-state index contributed by atoms with van der Waals surface area (Å²) in [6.45, 7) is 14.5. The van der Waals surface area contributed by atoms with Gasteiger partial charge in [-0.2, -0.15) is 5.26 Å². The Balaban J connectivity index is 1.18. The average Bonchev–Trinajstić information content (AvgIpc) is 3.56. The van der Waals surface area contributed by atoms with E-state index in [2.05, 4.69) is 44.1 Å². The van der Waals surface area contributed by atoms with Crippen LogP contribution < -0.4 is 4.74 Å². The molecule has 1 N–H and O–H groups in total. The minimum absolute atomic E-state index is 0.0183. The van der Waals surface area contributed by atoms with Crippen LogP contribution in [0.5, 0.6) is 5.75 Å². The van der Waals surface area contributed by atoms with Gasteiger partial charge >= 0.3 is 5.97 Å². The van der Waals surface area contributed by atoms with Gasteiger partial charge in [0.05, 0.1) is 29.8 Å².